The van der Waals surface area contributed by atoms with Crippen molar-refractivity contribution in [2.75, 3.05) is 4.90 Å². The van der Waals surface area contributed by atoms with Crippen LogP contribution in [-0.4, -0.2) is 15.0 Å². The Morgan fingerprint density at radius 1 is 0.593 bits per heavy atom. The number of nitrogens with zero attached hydrogens (tertiary/aromatic N) is 1. The van der Waals surface area contributed by atoms with Crippen molar-refractivity contribution in [2.45, 2.75) is 6.92 Å². The summed E-state index contributed by atoms with van der Waals surface area (Å²) in [6.45, 7) is 2.16. The van der Waals surface area contributed by atoms with E-state index in [1.807, 2.05) is 0 Å². The summed E-state index contributed by atoms with van der Waals surface area (Å²) in [5.41, 5.74) is 7.65. The van der Waals surface area contributed by atoms with Gasteiger partial charge in [0, 0.05) is 0 Å². The first-order valence-electron chi connectivity index (χ1n) is 9.13. The molecule has 4 aromatic rings. The summed E-state index contributed by atoms with van der Waals surface area (Å²) < 4.78 is 2.87. The van der Waals surface area contributed by atoms with Crippen LogP contribution in [0.1, 0.15) is 5.56 Å². The Bertz CT molecular complexity index is 1070. The number of benzene rings is 4. The van der Waals surface area contributed by atoms with Crippen molar-refractivity contribution in [1.82, 2.24) is 0 Å². The Balaban J connectivity index is 1.79. The number of hydrogen-bond acceptors (Lipinski definition) is 1. The third kappa shape index (κ3) is 2.88. The molecule has 0 fully saturated rings. The van der Waals surface area contributed by atoms with Gasteiger partial charge in [-0.3, -0.25) is 0 Å². The second kappa shape index (κ2) is 6.74. The second-order valence-corrected chi connectivity index (χ2v) is 9.03. The topological polar surface area (TPSA) is 3.24 Å². The standard InChI is InChI=1S/C25H19NSe/c1-18-15-16-21(20(17-18)19-9-3-2-4-10-19)26-22-11-5-7-13-24(22)27-25-14-8-6-12-23(25)26/h2-17H,1H3. The first kappa shape index (κ1) is 16.4. The summed E-state index contributed by atoms with van der Waals surface area (Å²) in [6.07, 6.45) is 0. The van der Waals surface area contributed by atoms with Crippen LogP contribution in [0.25, 0.3) is 11.1 Å². The van der Waals surface area contributed by atoms with Crippen molar-refractivity contribution in [3.63, 3.8) is 0 Å². The van der Waals surface area contributed by atoms with Gasteiger partial charge in [-0.05, 0) is 0 Å². The predicted octanol–water partition coefficient (Wildman–Crippen LogP) is 5.10. The third-order valence-corrected chi connectivity index (χ3v) is 7.28. The van der Waals surface area contributed by atoms with Crippen molar-refractivity contribution >= 4 is 40.9 Å². The van der Waals surface area contributed by atoms with Gasteiger partial charge < -0.3 is 0 Å². The van der Waals surface area contributed by atoms with Crippen LogP contribution in [0.3, 0.4) is 0 Å². The number of fused-ring (bicyclic) bond motifs is 2. The molecule has 0 atom stereocenters. The molecule has 4 aromatic carbocycles. The Kier molecular flexibility index (Phi) is 4.09. The van der Waals surface area contributed by atoms with Crippen LogP contribution in [-0.2, 0) is 0 Å². The van der Waals surface area contributed by atoms with Crippen molar-refractivity contribution in [3.8, 4) is 11.1 Å². The number of para-hydroxylation sites is 2. The van der Waals surface area contributed by atoms with Crippen LogP contribution in [0.5, 0.6) is 0 Å². The molecule has 130 valence electrons. The van der Waals surface area contributed by atoms with Gasteiger partial charge >= 0.3 is 167 Å². The molecule has 0 aliphatic carbocycles. The first-order chi connectivity index (χ1) is 13.3. The van der Waals surface area contributed by atoms with E-state index in [0.717, 1.165) is 0 Å². The van der Waals surface area contributed by atoms with Gasteiger partial charge in [0.25, 0.3) is 0 Å². The third-order valence-electron chi connectivity index (χ3n) is 4.91. The minimum atomic E-state index is 0.335. The molecule has 0 radical (unpaired) electrons. The number of rotatable bonds is 2. The molecule has 0 amide bonds. The minimum absolute atomic E-state index is 0.335. The number of aryl methyl sites for hydroxylation is 1. The molecule has 1 aliphatic rings. The van der Waals surface area contributed by atoms with Gasteiger partial charge in [-0.2, -0.15) is 0 Å². The average Bonchev–Trinajstić information content (AvgIpc) is 2.73. The normalized spacial score (nSPS) is 12.4. The molecule has 1 nitrogen and oxygen atoms in total. The van der Waals surface area contributed by atoms with Crippen LogP contribution in [0.15, 0.2) is 97.1 Å². The van der Waals surface area contributed by atoms with Crippen LogP contribution >= 0.6 is 0 Å². The summed E-state index contributed by atoms with van der Waals surface area (Å²) in [5.74, 6) is 0. The van der Waals surface area contributed by atoms with E-state index in [4.69, 9.17) is 0 Å². The number of anilines is 3. The first-order valence-corrected chi connectivity index (χ1v) is 10.8. The molecule has 5 rings (SSSR count). The zero-order chi connectivity index (χ0) is 18.2. The predicted molar refractivity (Wildman–Crippen MR) is 116 cm³/mol. The van der Waals surface area contributed by atoms with Gasteiger partial charge in [-0.25, -0.2) is 0 Å². The average molecular weight is 412 g/mol. The molecule has 27 heavy (non-hydrogen) atoms. The fourth-order valence-corrected chi connectivity index (χ4v) is 5.88. The van der Waals surface area contributed by atoms with Gasteiger partial charge in [-0.1, -0.05) is 0 Å². The van der Waals surface area contributed by atoms with Crippen LogP contribution in [0.2, 0.25) is 0 Å². The maximum absolute atomic E-state index is 2.44. The molecule has 1 aliphatic heterocycles. The fourth-order valence-electron chi connectivity index (χ4n) is 3.66. The van der Waals surface area contributed by atoms with E-state index >= 15 is 0 Å². The van der Waals surface area contributed by atoms with Gasteiger partial charge in [0.15, 0.2) is 0 Å². The number of hydrogen-bond donors (Lipinski definition) is 0. The van der Waals surface area contributed by atoms with E-state index in [2.05, 4.69) is 109 Å². The molecule has 0 bridgehead atoms. The van der Waals surface area contributed by atoms with Crippen molar-refractivity contribution in [1.29, 1.82) is 0 Å². The summed E-state index contributed by atoms with van der Waals surface area (Å²) in [6, 6.07) is 35.1. The molecule has 0 saturated heterocycles. The second-order valence-electron chi connectivity index (χ2n) is 6.76. The molecule has 0 N–H and O–H groups in total. The van der Waals surface area contributed by atoms with Crippen LogP contribution in [0, 0.1) is 6.92 Å². The zero-order valence-corrected chi connectivity index (χ0v) is 16.8. The molecule has 0 spiro atoms. The monoisotopic (exact) mass is 413 g/mol. The van der Waals surface area contributed by atoms with E-state index in [-0.39, 0.29) is 0 Å². The molecular weight excluding hydrogens is 393 g/mol. The molecular formula is C25H19NSe. The Morgan fingerprint density at radius 2 is 1.19 bits per heavy atom. The Hall–Kier alpha value is -2.80. The van der Waals surface area contributed by atoms with E-state index < -0.39 is 0 Å². The molecule has 0 saturated carbocycles. The van der Waals surface area contributed by atoms with Gasteiger partial charge in [0.05, 0.1) is 0 Å². The van der Waals surface area contributed by atoms with Gasteiger partial charge in [0.2, 0.25) is 0 Å². The van der Waals surface area contributed by atoms with E-state index in [9.17, 15) is 0 Å². The van der Waals surface area contributed by atoms with E-state index in [1.54, 1.807) is 0 Å². The summed E-state index contributed by atoms with van der Waals surface area (Å²) in [4.78, 5) is 2.44. The SMILES string of the molecule is Cc1ccc(N2c3ccccc3[Se]c3ccccc32)c(-c2ccccc2)c1. The Labute approximate surface area is 166 Å². The summed E-state index contributed by atoms with van der Waals surface area (Å²) >= 11 is 0.335. The molecule has 1 heterocycles. The summed E-state index contributed by atoms with van der Waals surface area (Å²) in [5, 5.41) is 0. The van der Waals surface area contributed by atoms with Crippen LogP contribution in [0.4, 0.5) is 17.1 Å². The van der Waals surface area contributed by atoms with Crippen LogP contribution < -0.4 is 13.8 Å². The van der Waals surface area contributed by atoms with E-state index in [1.165, 1.54) is 42.7 Å². The van der Waals surface area contributed by atoms with E-state index in [0.29, 0.717) is 15.0 Å². The summed E-state index contributed by atoms with van der Waals surface area (Å²) in [7, 11) is 0. The molecule has 0 unspecified atom stereocenters. The quantitative estimate of drug-likeness (QED) is 0.365. The Morgan fingerprint density at radius 3 is 1.85 bits per heavy atom. The zero-order valence-electron chi connectivity index (χ0n) is 15.1. The van der Waals surface area contributed by atoms with Gasteiger partial charge in [-0.15, -0.1) is 0 Å². The fraction of sp³-hybridized carbons (Fsp3) is 0.0400. The maximum atomic E-state index is 2.44. The van der Waals surface area contributed by atoms with Crippen molar-refractivity contribution in [3.05, 3.63) is 103 Å². The van der Waals surface area contributed by atoms with Gasteiger partial charge in [0.1, 0.15) is 0 Å². The van der Waals surface area contributed by atoms with Crippen molar-refractivity contribution in [2.24, 2.45) is 0 Å². The molecule has 0 aromatic heterocycles. The van der Waals surface area contributed by atoms with Crippen molar-refractivity contribution < 1.29 is 0 Å². The molecule has 2 heteroatoms.